The van der Waals surface area contributed by atoms with Gasteiger partial charge in [0.15, 0.2) is 6.61 Å². The predicted molar refractivity (Wildman–Crippen MR) is 262 cm³/mol. The Bertz CT molecular complexity index is 2290. The topological polar surface area (TPSA) is 238 Å². The number of para-hydroxylation sites is 1. The summed E-state index contributed by atoms with van der Waals surface area (Å²) >= 11 is 5.69. The number of Topliss-reactive ketones (excluding diaryl/α,β-unsaturated/α-hetero) is 1. The van der Waals surface area contributed by atoms with Gasteiger partial charge in [-0.15, -0.1) is 0 Å². The van der Waals surface area contributed by atoms with Gasteiger partial charge in [-0.2, -0.15) is 13.2 Å². The van der Waals surface area contributed by atoms with Gasteiger partial charge in [0, 0.05) is 73.5 Å². The molecular weight excluding hydrogens is 985 g/mol. The van der Waals surface area contributed by atoms with Crippen LogP contribution in [0.3, 0.4) is 0 Å². The van der Waals surface area contributed by atoms with E-state index in [0.29, 0.717) is 36.3 Å². The number of alkyl halides is 3. The summed E-state index contributed by atoms with van der Waals surface area (Å²) in [6.45, 7) is 12.6. The Morgan fingerprint density at radius 3 is 1.70 bits per heavy atom. The van der Waals surface area contributed by atoms with Gasteiger partial charge in [-0.05, 0) is 86.8 Å². The summed E-state index contributed by atoms with van der Waals surface area (Å²) in [6, 6.07) is 17.9. The van der Waals surface area contributed by atoms with Crippen LogP contribution in [-0.4, -0.2) is 92.2 Å². The lowest BCUT2D eigenvalue weighted by Gasteiger charge is -2.11. The summed E-state index contributed by atoms with van der Waals surface area (Å²) in [4.78, 5) is 96.4. The fourth-order valence-corrected chi connectivity index (χ4v) is 6.33. The standard InChI is InChI=1S/C11H14O2.C10H9F3O2.C9H15NO3.C8H7ClO2.C8H12O3.C6H11NO3/c1-8-4-5-11(6-9(8)2)7-13-10(3)12;1-7(14)15-6-8-4-2-3-5-9(8)10(11,12)13;1-6(11)13-5-7-2-3-8(4-7)9(10)12;1-6(10)11-8-5-3-2-4-7(8)9;1-6(9)11-5-7-3-2-4-8(7)10;1-5(8)10-4-6(9)7(2)3/h4-6H,7H2,1-3H3;2-5H,6H2,1H3;7-8H,2-5H2,1H3,(H2,10,12);2-5H,1H3;7H,2-5H2,1H3;4H2,1-3H3. The maximum atomic E-state index is 12.4. The number of carbonyl (C=O) groups excluding carboxylic acids is 9. The third kappa shape index (κ3) is 32.0. The Balaban J connectivity index is 0.000000857. The number of aryl methyl sites for hydroxylation is 2. The van der Waals surface area contributed by atoms with Crippen LogP contribution in [0.1, 0.15) is 108 Å². The number of rotatable bonds is 12. The number of ether oxygens (including phenoxy) is 6. The average Bonchev–Trinajstić information content (AvgIpc) is 3.97. The van der Waals surface area contributed by atoms with Gasteiger partial charge in [0.25, 0.3) is 5.91 Å². The number of hydrogen-bond donors (Lipinski definition) is 1. The Labute approximate surface area is 429 Å². The average molecular weight is 1050 g/mol. The molecule has 73 heavy (non-hydrogen) atoms. The number of hydrogen-bond acceptors (Lipinski definition) is 15. The quantitative estimate of drug-likeness (QED) is 0.102. The van der Waals surface area contributed by atoms with Gasteiger partial charge in [-0.25, -0.2) is 0 Å². The molecule has 2 aliphatic carbocycles. The SMILES string of the molecule is CC(=O)OCC(=O)N(C)C.CC(=O)OCC1CCC(C(N)=O)C1.CC(=O)OCC1CCCC1=O.CC(=O)OCc1ccc(C)c(C)c1.CC(=O)OCc1ccccc1C(F)(F)F.CC(=O)Oc1ccccc1Cl. The maximum absolute atomic E-state index is 12.4. The van der Waals surface area contributed by atoms with Crippen LogP contribution >= 0.6 is 11.6 Å². The number of ketones is 1. The molecular formula is C52H68ClF3N2O15. The molecule has 2 amide bonds. The molecule has 2 fully saturated rings. The van der Waals surface area contributed by atoms with Crippen molar-refractivity contribution in [2.45, 2.75) is 113 Å². The van der Waals surface area contributed by atoms with Crippen molar-refractivity contribution in [3.05, 3.63) is 99.6 Å². The first-order valence-electron chi connectivity index (χ1n) is 22.9. The highest BCUT2D eigenvalue weighted by atomic mass is 35.5. The monoisotopic (exact) mass is 1050 g/mol. The zero-order valence-electron chi connectivity index (χ0n) is 43.0. The number of nitrogens with zero attached hydrogens (tertiary/aromatic N) is 1. The number of primary amides is 1. The van der Waals surface area contributed by atoms with E-state index in [-0.39, 0.29) is 78.7 Å². The van der Waals surface area contributed by atoms with Gasteiger partial charge < -0.3 is 39.1 Å². The minimum absolute atomic E-state index is 0.0134. The van der Waals surface area contributed by atoms with E-state index in [4.69, 9.17) is 36.3 Å². The molecule has 0 radical (unpaired) electrons. The fraction of sp³-hybridized carbons (Fsp3) is 0.481. The summed E-state index contributed by atoms with van der Waals surface area (Å²) in [5.74, 6) is -1.71. The van der Waals surface area contributed by atoms with Crippen LogP contribution < -0.4 is 10.5 Å². The lowest BCUT2D eigenvalue weighted by molar-refractivity contribution is -0.149. The van der Waals surface area contributed by atoms with Crippen molar-refractivity contribution in [3.8, 4) is 5.75 Å². The van der Waals surface area contributed by atoms with E-state index in [0.717, 1.165) is 50.7 Å². The molecule has 0 saturated heterocycles. The van der Waals surface area contributed by atoms with Crippen molar-refractivity contribution in [1.29, 1.82) is 0 Å². The van der Waals surface area contributed by atoms with Crippen molar-refractivity contribution in [1.82, 2.24) is 4.90 Å². The fourth-order valence-electron chi connectivity index (χ4n) is 6.16. The number of halogens is 4. The smallest absolute Gasteiger partial charge is 0.416 e. The summed E-state index contributed by atoms with van der Waals surface area (Å²) in [7, 11) is 3.21. The second-order valence-electron chi connectivity index (χ2n) is 16.7. The first-order valence-corrected chi connectivity index (χ1v) is 23.2. The van der Waals surface area contributed by atoms with Gasteiger partial charge in [-0.3, -0.25) is 43.2 Å². The summed E-state index contributed by atoms with van der Waals surface area (Å²) in [5.41, 5.74) is 7.88. The second kappa shape index (κ2) is 35.3. The molecule has 21 heteroatoms. The van der Waals surface area contributed by atoms with Crippen molar-refractivity contribution >= 4 is 65.0 Å². The van der Waals surface area contributed by atoms with Crippen molar-refractivity contribution in [3.63, 3.8) is 0 Å². The van der Waals surface area contributed by atoms with Gasteiger partial charge in [-0.1, -0.05) is 60.1 Å². The van der Waals surface area contributed by atoms with Crippen LogP contribution in [-0.2, 0) is 86.2 Å². The lowest BCUT2D eigenvalue weighted by atomic mass is 10.1. The molecule has 3 atom stereocenters. The van der Waals surface area contributed by atoms with Gasteiger partial charge >= 0.3 is 42.0 Å². The molecule has 0 bridgehead atoms. The van der Waals surface area contributed by atoms with E-state index in [1.807, 2.05) is 25.1 Å². The third-order valence-corrected chi connectivity index (χ3v) is 10.5. The van der Waals surface area contributed by atoms with Gasteiger partial charge in [0.2, 0.25) is 5.91 Å². The van der Waals surface area contributed by atoms with E-state index in [9.17, 15) is 56.3 Å². The van der Waals surface area contributed by atoms with E-state index < -0.39 is 23.7 Å². The van der Waals surface area contributed by atoms with Crippen LogP contribution in [0.4, 0.5) is 13.2 Å². The predicted octanol–water partition coefficient (Wildman–Crippen LogP) is 8.41. The van der Waals surface area contributed by atoms with Crippen LogP contribution in [0, 0.1) is 31.6 Å². The summed E-state index contributed by atoms with van der Waals surface area (Å²) in [6.07, 6.45) is 0.602. The normalized spacial score (nSPS) is 15.0. The molecule has 17 nitrogen and oxygen atoms in total. The van der Waals surface area contributed by atoms with Crippen LogP contribution in [0.5, 0.6) is 5.75 Å². The Hall–Kier alpha value is -6.83. The van der Waals surface area contributed by atoms with Crippen molar-refractivity contribution in [2.24, 2.45) is 23.5 Å². The Morgan fingerprint density at radius 2 is 1.22 bits per heavy atom. The molecule has 404 valence electrons. The Morgan fingerprint density at radius 1 is 0.671 bits per heavy atom. The third-order valence-electron chi connectivity index (χ3n) is 10.1. The number of carbonyl (C=O) groups is 9. The molecule has 3 unspecified atom stereocenters. The highest BCUT2D eigenvalue weighted by Crippen LogP contribution is 2.32. The molecule has 5 rings (SSSR count). The number of likely N-dealkylation sites (N-methyl/N-ethyl adjacent to an activating group) is 1. The van der Waals surface area contributed by atoms with E-state index in [1.165, 1.54) is 68.8 Å². The molecule has 0 aliphatic heterocycles. The molecule has 2 saturated carbocycles. The lowest BCUT2D eigenvalue weighted by Crippen LogP contribution is -2.27. The molecule has 0 aromatic heterocycles. The highest BCUT2D eigenvalue weighted by molar-refractivity contribution is 6.32. The molecule has 2 N–H and O–H groups in total. The van der Waals surface area contributed by atoms with Crippen LogP contribution in [0.15, 0.2) is 66.7 Å². The van der Waals surface area contributed by atoms with E-state index in [1.54, 1.807) is 38.4 Å². The summed E-state index contributed by atoms with van der Waals surface area (Å²) in [5, 5.41) is 0.447. The molecule has 3 aromatic rings. The summed E-state index contributed by atoms with van der Waals surface area (Å²) < 4.78 is 65.5. The van der Waals surface area contributed by atoms with Crippen LogP contribution in [0.25, 0.3) is 0 Å². The van der Waals surface area contributed by atoms with Crippen molar-refractivity contribution < 1.29 is 84.7 Å². The van der Waals surface area contributed by atoms with Gasteiger partial charge in [0.05, 0.1) is 23.1 Å². The minimum atomic E-state index is -4.42. The number of nitrogens with two attached hydrogens (primary N) is 1. The molecule has 3 aromatic carbocycles. The number of esters is 6. The zero-order chi connectivity index (χ0) is 55.8. The molecule has 2 aliphatic rings. The first kappa shape index (κ1) is 66.2. The van der Waals surface area contributed by atoms with E-state index >= 15 is 0 Å². The highest BCUT2D eigenvalue weighted by Gasteiger charge is 2.33. The molecule has 0 spiro atoms. The number of benzene rings is 3. The largest absolute Gasteiger partial charge is 0.466 e. The van der Waals surface area contributed by atoms with Crippen molar-refractivity contribution in [2.75, 3.05) is 33.9 Å². The first-order chi connectivity index (χ1) is 34.0. The maximum Gasteiger partial charge on any atom is 0.416 e. The van der Waals surface area contributed by atoms with E-state index in [2.05, 4.69) is 16.4 Å². The zero-order valence-corrected chi connectivity index (χ0v) is 43.8. The minimum Gasteiger partial charge on any atom is -0.466 e. The Kier molecular flexibility index (Phi) is 32.0. The van der Waals surface area contributed by atoms with Gasteiger partial charge in [0.1, 0.15) is 31.4 Å². The molecule has 0 heterocycles. The number of amides is 2. The second-order valence-corrected chi connectivity index (χ2v) is 17.1. The van der Waals surface area contributed by atoms with Crippen LogP contribution in [0.2, 0.25) is 5.02 Å².